The van der Waals surface area contributed by atoms with E-state index in [9.17, 15) is 9.18 Å². The van der Waals surface area contributed by atoms with Gasteiger partial charge in [0.25, 0.3) is 0 Å². The number of carbonyl (C=O) groups excluding carboxylic acids is 1. The van der Waals surface area contributed by atoms with E-state index in [2.05, 4.69) is 10.2 Å². The van der Waals surface area contributed by atoms with E-state index in [1.807, 2.05) is 43.0 Å². The topological polar surface area (TPSA) is 35.6 Å². The van der Waals surface area contributed by atoms with Gasteiger partial charge in [-0.25, -0.2) is 9.18 Å². The van der Waals surface area contributed by atoms with E-state index in [1.165, 1.54) is 25.0 Å². The Balaban J connectivity index is 1.73. The zero-order valence-corrected chi connectivity index (χ0v) is 16.1. The average Bonchev–Trinajstić information content (AvgIpc) is 3.18. The van der Waals surface area contributed by atoms with Gasteiger partial charge < -0.3 is 15.1 Å². The molecule has 1 heterocycles. The Labute approximate surface area is 161 Å². The van der Waals surface area contributed by atoms with E-state index >= 15 is 0 Å². The molecule has 1 saturated heterocycles. The van der Waals surface area contributed by atoms with E-state index < -0.39 is 0 Å². The van der Waals surface area contributed by atoms with Crippen LogP contribution in [0.4, 0.5) is 14.9 Å². The van der Waals surface area contributed by atoms with Gasteiger partial charge in [-0.2, -0.15) is 0 Å². The maximum absolute atomic E-state index is 13.3. The van der Waals surface area contributed by atoms with E-state index in [0.717, 1.165) is 36.4 Å². The second kappa shape index (κ2) is 9.00. The van der Waals surface area contributed by atoms with Crippen LogP contribution < -0.4 is 5.32 Å². The van der Waals surface area contributed by atoms with Gasteiger partial charge >= 0.3 is 6.03 Å². The highest BCUT2D eigenvalue weighted by atomic mass is 19.1. The molecule has 1 fully saturated rings. The second-order valence-corrected chi connectivity index (χ2v) is 7.27. The molecule has 0 aliphatic carbocycles. The van der Waals surface area contributed by atoms with E-state index in [4.69, 9.17) is 0 Å². The second-order valence-electron chi connectivity index (χ2n) is 7.27. The lowest BCUT2D eigenvalue weighted by molar-refractivity contribution is 0.180. The Morgan fingerprint density at radius 3 is 2.37 bits per heavy atom. The molecule has 0 radical (unpaired) electrons. The lowest BCUT2D eigenvalue weighted by Gasteiger charge is -2.31. The van der Waals surface area contributed by atoms with Gasteiger partial charge in [-0.1, -0.05) is 29.8 Å². The Morgan fingerprint density at radius 2 is 1.74 bits per heavy atom. The fraction of sp³-hybridized carbons (Fsp3) is 0.409. The summed E-state index contributed by atoms with van der Waals surface area (Å²) < 4.78 is 13.3. The van der Waals surface area contributed by atoms with Crippen LogP contribution in [0.5, 0.6) is 0 Å². The fourth-order valence-corrected chi connectivity index (χ4v) is 3.48. The number of hydrogen-bond acceptors (Lipinski definition) is 2. The number of carbonyl (C=O) groups is 1. The summed E-state index contributed by atoms with van der Waals surface area (Å²) in [6.07, 6.45) is 2.45. The van der Waals surface area contributed by atoms with Crippen LogP contribution in [-0.2, 0) is 0 Å². The fourth-order valence-electron chi connectivity index (χ4n) is 3.48. The van der Waals surface area contributed by atoms with Crippen LogP contribution in [0.1, 0.15) is 36.9 Å². The smallest absolute Gasteiger partial charge is 0.316 e. The van der Waals surface area contributed by atoms with Gasteiger partial charge in [0.15, 0.2) is 0 Å². The maximum Gasteiger partial charge on any atom is 0.322 e. The molecule has 5 heteroatoms. The number of nitrogens with zero attached hydrogens (tertiary/aromatic N) is 2. The van der Waals surface area contributed by atoms with Gasteiger partial charge in [0.1, 0.15) is 5.82 Å². The molecule has 0 spiro atoms. The Morgan fingerprint density at radius 1 is 1.11 bits per heavy atom. The molecule has 27 heavy (non-hydrogen) atoms. The first-order chi connectivity index (χ1) is 13.0. The molecule has 0 unspecified atom stereocenters. The lowest BCUT2D eigenvalue weighted by atomic mass is 10.1. The first kappa shape index (κ1) is 19.4. The Bertz CT molecular complexity index is 739. The van der Waals surface area contributed by atoms with Crippen LogP contribution in [0.15, 0.2) is 48.5 Å². The van der Waals surface area contributed by atoms with Crippen molar-refractivity contribution in [3.8, 4) is 0 Å². The quantitative estimate of drug-likeness (QED) is 0.792. The van der Waals surface area contributed by atoms with Crippen molar-refractivity contribution in [2.45, 2.75) is 32.7 Å². The van der Waals surface area contributed by atoms with Crippen LogP contribution in [-0.4, -0.2) is 42.0 Å². The van der Waals surface area contributed by atoms with E-state index in [-0.39, 0.29) is 17.9 Å². The first-order valence-electron chi connectivity index (χ1n) is 9.65. The summed E-state index contributed by atoms with van der Waals surface area (Å²) in [5.41, 5.74) is 2.86. The highest BCUT2D eigenvalue weighted by Gasteiger charge is 2.23. The molecule has 2 aromatic carbocycles. The molecule has 1 N–H and O–H groups in total. The molecule has 4 nitrogen and oxygen atoms in total. The zero-order valence-electron chi connectivity index (χ0n) is 16.1. The summed E-state index contributed by atoms with van der Waals surface area (Å²) in [6.45, 7) is 7.69. The van der Waals surface area contributed by atoms with Crippen molar-refractivity contribution in [3.05, 3.63) is 65.5 Å². The molecule has 2 aromatic rings. The van der Waals surface area contributed by atoms with Crippen LogP contribution in [0.25, 0.3) is 0 Å². The van der Waals surface area contributed by atoms with E-state index in [1.54, 1.807) is 12.1 Å². The molecular formula is C22H28FN3O. The van der Waals surface area contributed by atoms with Crippen LogP contribution in [0.3, 0.4) is 0 Å². The SMILES string of the molecule is Cc1ccc(NC(=O)N(CCN2CCCC2)[C@H](C)c2ccc(F)cc2)cc1. The van der Waals surface area contributed by atoms with Crippen LogP contribution in [0, 0.1) is 12.7 Å². The van der Waals surface area contributed by atoms with Gasteiger partial charge in [-0.3, -0.25) is 0 Å². The summed E-state index contributed by atoms with van der Waals surface area (Å²) in [7, 11) is 0. The van der Waals surface area contributed by atoms with Crippen LogP contribution >= 0.6 is 0 Å². The Hall–Kier alpha value is -2.40. The predicted molar refractivity (Wildman–Crippen MR) is 107 cm³/mol. The van der Waals surface area contributed by atoms with Crippen molar-refractivity contribution in [1.29, 1.82) is 0 Å². The third kappa shape index (κ3) is 5.30. The molecule has 1 aliphatic heterocycles. The van der Waals surface area contributed by atoms with Gasteiger partial charge in [0.2, 0.25) is 0 Å². The summed E-state index contributed by atoms with van der Waals surface area (Å²) in [6, 6.07) is 13.9. The number of amides is 2. The monoisotopic (exact) mass is 369 g/mol. The largest absolute Gasteiger partial charge is 0.322 e. The van der Waals surface area contributed by atoms with Crippen molar-refractivity contribution < 1.29 is 9.18 Å². The molecule has 0 aromatic heterocycles. The summed E-state index contributed by atoms with van der Waals surface area (Å²) in [4.78, 5) is 17.2. The highest BCUT2D eigenvalue weighted by Crippen LogP contribution is 2.22. The predicted octanol–water partition coefficient (Wildman–Crippen LogP) is 4.83. The number of anilines is 1. The third-order valence-corrected chi connectivity index (χ3v) is 5.24. The number of rotatable bonds is 6. The summed E-state index contributed by atoms with van der Waals surface area (Å²) in [5.74, 6) is -0.265. The zero-order chi connectivity index (χ0) is 19.2. The van der Waals surface area contributed by atoms with Gasteiger partial charge in [0, 0.05) is 18.8 Å². The van der Waals surface area contributed by atoms with Crippen molar-refractivity contribution in [1.82, 2.24) is 9.80 Å². The molecule has 1 atom stereocenters. The number of urea groups is 1. The van der Waals surface area contributed by atoms with Crippen molar-refractivity contribution in [2.75, 3.05) is 31.5 Å². The number of aryl methyl sites for hydroxylation is 1. The van der Waals surface area contributed by atoms with Gasteiger partial charge in [-0.05, 0) is 69.6 Å². The van der Waals surface area contributed by atoms with Crippen molar-refractivity contribution >= 4 is 11.7 Å². The van der Waals surface area contributed by atoms with E-state index in [0.29, 0.717) is 6.54 Å². The summed E-state index contributed by atoms with van der Waals surface area (Å²) >= 11 is 0. The molecular weight excluding hydrogens is 341 g/mol. The molecule has 144 valence electrons. The number of likely N-dealkylation sites (tertiary alicyclic amines) is 1. The molecule has 0 bridgehead atoms. The highest BCUT2D eigenvalue weighted by molar-refractivity contribution is 5.89. The number of hydrogen-bond donors (Lipinski definition) is 1. The molecule has 3 rings (SSSR count). The van der Waals surface area contributed by atoms with Gasteiger partial charge in [0.05, 0.1) is 6.04 Å². The van der Waals surface area contributed by atoms with Crippen molar-refractivity contribution in [2.24, 2.45) is 0 Å². The molecule has 1 aliphatic rings. The minimum absolute atomic E-state index is 0.130. The molecule has 2 amide bonds. The minimum atomic E-state index is -0.265. The summed E-state index contributed by atoms with van der Waals surface area (Å²) in [5, 5.41) is 3.00. The van der Waals surface area contributed by atoms with Crippen molar-refractivity contribution in [3.63, 3.8) is 0 Å². The Kier molecular flexibility index (Phi) is 6.45. The minimum Gasteiger partial charge on any atom is -0.316 e. The average molecular weight is 369 g/mol. The number of nitrogens with one attached hydrogen (secondary N) is 1. The molecule has 0 saturated carbocycles. The standard InChI is InChI=1S/C22H28FN3O/c1-17-5-11-21(12-6-17)24-22(27)26(16-15-25-13-3-4-14-25)18(2)19-7-9-20(23)10-8-19/h5-12,18H,3-4,13-16H2,1-2H3,(H,24,27)/t18-/m1/s1. The number of benzene rings is 2. The maximum atomic E-state index is 13.3. The van der Waals surface area contributed by atoms with Crippen LogP contribution in [0.2, 0.25) is 0 Å². The third-order valence-electron chi connectivity index (χ3n) is 5.24. The number of halogens is 1. The first-order valence-corrected chi connectivity index (χ1v) is 9.65. The lowest BCUT2D eigenvalue weighted by Crippen LogP contribution is -2.41. The van der Waals surface area contributed by atoms with Gasteiger partial charge in [-0.15, -0.1) is 0 Å². The normalized spacial score (nSPS) is 15.5.